The summed E-state index contributed by atoms with van der Waals surface area (Å²) in [6.07, 6.45) is 6.90. The van der Waals surface area contributed by atoms with Gasteiger partial charge in [-0.3, -0.25) is 0 Å². The van der Waals surface area contributed by atoms with E-state index in [0.29, 0.717) is 0 Å². The topological polar surface area (TPSA) is 15.8 Å². The number of para-hydroxylation sites is 1. The van der Waals surface area contributed by atoms with Crippen LogP contribution >= 0.6 is 11.8 Å². The van der Waals surface area contributed by atoms with Crippen LogP contribution in [0, 0.1) is 0 Å². The second-order valence-electron chi connectivity index (χ2n) is 7.35. The van der Waals surface area contributed by atoms with E-state index in [-0.39, 0.29) is 0 Å². The van der Waals surface area contributed by atoms with Gasteiger partial charge in [-0.25, -0.2) is 0 Å². The Hall–Kier alpha value is -2.97. The Morgan fingerprint density at radius 3 is 2.54 bits per heavy atom. The van der Waals surface area contributed by atoms with Gasteiger partial charge >= 0.3 is 0 Å². The third-order valence-corrected chi connectivity index (χ3v) is 6.95. The summed E-state index contributed by atoms with van der Waals surface area (Å²) in [6.45, 7) is 0. The van der Waals surface area contributed by atoms with Gasteiger partial charge in [-0.2, -0.15) is 0 Å². The van der Waals surface area contributed by atoms with Crippen molar-refractivity contribution in [1.82, 2.24) is 4.98 Å². The van der Waals surface area contributed by atoms with E-state index in [9.17, 15) is 0 Å². The zero-order valence-electron chi connectivity index (χ0n) is 15.4. The van der Waals surface area contributed by atoms with Gasteiger partial charge in [0.15, 0.2) is 0 Å². The minimum Gasteiger partial charge on any atom is -0.353 e. The first-order valence-electron chi connectivity index (χ1n) is 9.77. The Bertz CT molecular complexity index is 1270. The molecule has 0 fully saturated rings. The number of hydrogen-bond donors (Lipinski definition) is 1. The lowest BCUT2D eigenvalue weighted by Crippen LogP contribution is -1.91. The summed E-state index contributed by atoms with van der Waals surface area (Å²) in [5.41, 5.74) is 9.04. The summed E-state index contributed by atoms with van der Waals surface area (Å²) < 4.78 is 0. The molecule has 0 bridgehead atoms. The van der Waals surface area contributed by atoms with E-state index in [1.807, 2.05) is 11.8 Å². The molecule has 4 aromatic rings. The lowest BCUT2D eigenvalue weighted by molar-refractivity contribution is 1.03. The highest BCUT2D eigenvalue weighted by Crippen LogP contribution is 2.50. The first kappa shape index (κ1) is 16.0. The molecule has 2 heterocycles. The number of benzene rings is 3. The summed E-state index contributed by atoms with van der Waals surface area (Å²) in [5, 5.41) is 1.31. The van der Waals surface area contributed by atoms with Crippen molar-refractivity contribution >= 4 is 28.2 Å². The average Bonchev–Trinajstić information content (AvgIpc) is 3.08. The minimum atomic E-state index is 1.12. The van der Waals surface area contributed by atoms with Crippen LogP contribution in [0.2, 0.25) is 0 Å². The van der Waals surface area contributed by atoms with E-state index < -0.39 is 0 Å². The van der Waals surface area contributed by atoms with E-state index in [1.165, 1.54) is 54.2 Å². The van der Waals surface area contributed by atoms with Crippen LogP contribution in [0.5, 0.6) is 0 Å². The van der Waals surface area contributed by atoms with Crippen LogP contribution < -0.4 is 0 Å². The van der Waals surface area contributed by atoms with E-state index >= 15 is 0 Å². The third kappa shape index (κ3) is 2.35. The molecule has 0 amide bonds. The maximum absolute atomic E-state index is 3.83. The molecule has 1 aliphatic heterocycles. The molecular formula is C26H19NS. The normalized spacial score (nSPS) is 15.1. The molecule has 0 saturated carbocycles. The highest BCUT2D eigenvalue weighted by Gasteiger charge is 2.26. The van der Waals surface area contributed by atoms with E-state index in [1.54, 1.807) is 0 Å². The van der Waals surface area contributed by atoms with Gasteiger partial charge in [0.25, 0.3) is 0 Å². The standard InChI is InChI=1S/C26H19NS/c1-2-9-17(10-3-1)18-13-8-14-21-24-19-11-4-6-15-22(19)28-23-16-7-5-12-20(23)26(24)27-25(18)21/h1-5,7-14,16,27H,6,15H2. The molecule has 0 spiro atoms. The van der Waals surface area contributed by atoms with Gasteiger partial charge in [0.05, 0.1) is 11.2 Å². The SMILES string of the molecule is C1=CC2=C(CC1)Sc1ccccc1-c1[nH]c3c(-c4ccccc4)cccc3c12. The molecule has 3 aromatic carbocycles. The molecule has 0 unspecified atom stereocenters. The van der Waals surface area contributed by atoms with E-state index in [2.05, 4.69) is 89.9 Å². The fourth-order valence-corrected chi connectivity index (χ4v) is 5.62. The zero-order chi connectivity index (χ0) is 18.5. The van der Waals surface area contributed by atoms with Gasteiger partial charge in [0.1, 0.15) is 0 Å². The van der Waals surface area contributed by atoms with Crippen LogP contribution in [-0.4, -0.2) is 4.98 Å². The maximum Gasteiger partial charge on any atom is 0.0556 e. The molecule has 134 valence electrons. The number of allylic oxidation sites excluding steroid dienone is 4. The molecule has 2 aliphatic rings. The number of aromatic nitrogens is 1. The average molecular weight is 378 g/mol. The van der Waals surface area contributed by atoms with Crippen LogP contribution in [0.15, 0.2) is 94.7 Å². The van der Waals surface area contributed by atoms with Crippen molar-refractivity contribution in [3.05, 3.63) is 95.4 Å². The van der Waals surface area contributed by atoms with Gasteiger partial charge in [0.2, 0.25) is 0 Å². The van der Waals surface area contributed by atoms with Crippen molar-refractivity contribution in [2.45, 2.75) is 17.7 Å². The van der Waals surface area contributed by atoms with Gasteiger partial charge in [-0.05, 0) is 34.9 Å². The maximum atomic E-state index is 3.83. The van der Waals surface area contributed by atoms with Gasteiger partial charge < -0.3 is 4.98 Å². The molecule has 1 nitrogen and oxygen atoms in total. The van der Waals surface area contributed by atoms with Crippen molar-refractivity contribution in [1.29, 1.82) is 0 Å². The Morgan fingerprint density at radius 1 is 0.786 bits per heavy atom. The summed E-state index contributed by atoms with van der Waals surface area (Å²) in [7, 11) is 0. The Kier molecular flexibility index (Phi) is 3.60. The Morgan fingerprint density at radius 2 is 1.61 bits per heavy atom. The minimum absolute atomic E-state index is 1.12. The number of H-pyrrole nitrogens is 1. The number of hydrogen-bond acceptors (Lipinski definition) is 1. The molecule has 2 heteroatoms. The largest absolute Gasteiger partial charge is 0.353 e. The van der Waals surface area contributed by atoms with Crippen LogP contribution in [0.1, 0.15) is 18.4 Å². The number of fused-ring (bicyclic) bond motifs is 6. The highest BCUT2D eigenvalue weighted by molar-refractivity contribution is 8.03. The molecule has 1 aromatic heterocycles. The van der Waals surface area contributed by atoms with Gasteiger partial charge in [-0.15, -0.1) is 0 Å². The molecule has 0 radical (unpaired) electrons. The zero-order valence-corrected chi connectivity index (χ0v) is 16.2. The predicted molar refractivity (Wildman–Crippen MR) is 120 cm³/mol. The van der Waals surface area contributed by atoms with Crippen molar-refractivity contribution in [2.75, 3.05) is 0 Å². The second kappa shape index (κ2) is 6.29. The number of aromatic amines is 1. The predicted octanol–water partition coefficient (Wildman–Crippen LogP) is 7.67. The molecule has 28 heavy (non-hydrogen) atoms. The van der Waals surface area contributed by atoms with Crippen LogP contribution in [0.4, 0.5) is 0 Å². The number of thioether (sulfide) groups is 1. The Labute approximate surface area is 168 Å². The van der Waals surface area contributed by atoms with Gasteiger partial charge in [0, 0.05) is 27.0 Å². The second-order valence-corrected chi connectivity index (χ2v) is 8.48. The van der Waals surface area contributed by atoms with E-state index in [0.717, 1.165) is 12.8 Å². The molecule has 1 N–H and O–H groups in total. The van der Waals surface area contributed by atoms with Crippen molar-refractivity contribution in [3.63, 3.8) is 0 Å². The molecular weight excluding hydrogens is 358 g/mol. The van der Waals surface area contributed by atoms with Crippen LogP contribution in [0.25, 0.3) is 38.9 Å². The Balaban J connectivity index is 1.73. The lowest BCUT2D eigenvalue weighted by Gasteiger charge is -2.14. The van der Waals surface area contributed by atoms with E-state index in [4.69, 9.17) is 0 Å². The third-order valence-electron chi connectivity index (χ3n) is 5.70. The fraction of sp³-hybridized carbons (Fsp3) is 0.0769. The summed E-state index contributed by atoms with van der Waals surface area (Å²) in [4.78, 5) is 6.66. The smallest absolute Gasteiger partial charge is 0.0556 e. The van der Waals surface area contributed by atoms with Gasteiger partial charge in [-0.1, -0.05) is 90.6 Å². The molecule has 0 saturated heterocycles. The number of nitrogens with one attached hydrogen (secondary N) is 1. The number of rotatable bonds is 1. The quantitative estimate of drug-likeness (QED) is 0.360. The summed E-state index contributed by atoms with van der Waals surface area (Å²) in [5.74, 6) is 0. The summed E-state index contributed by atoms with van der Waals surface area (Å²) in [6, 6.07) is 26.1. The highest BCUT2D eigenvalue weighted by atomic mass is 32.2. The van der Waals surface area contributed by atoms with Crippen molar-refractivity contribution in [3.8, 4) is 22.4 Å². The molecule has 6 rings (SSSR count). The first-order valence-corrected chi connectivity index (χ1v) is 10.6. The van der Waals surface area contributed by atoms with Crippen molar-refractivity contribution < 1.29 is 0 Å². The molecule has 1 aliphatic carbocycles. The fourth-order valence-electron chi connectivity index (χ4n) is 4.42. The van der Waals surface area contributed by atoms with Crippen molar-refractivity contribution in [2.24, 2.45) is 0 Å². The molecule has 0 atom stereocenters. The van der Waals surface area contributed by atoms with Crippen LogP contribution in [0.3, 0.4) is 0 Å². The van der Waals surface area contributed by atoms with Crippen LogP contribution in [-0.2, 0) is 0 Å². The lowest BCUT2D eigenvalue weighted by atomic mass is 9.93. The monoisotopic (exact) mass is 377 g/mol. The summed E-state index contributed by atoms with van der Waals surface area (Å²) >= 11 is 1.94. The first-order chi connectivity index (χ1) is 13.9.